The van der Waals surface area contributed by atoms with Gasteiger partial charge in [-0.2, -0.15) is 18.3 Å². The Morgan fingerprint density at radius 2 is 1.80 bits per heavy atom. The van der Waals surface area contributed by atoms with Gasteiger partial charge in [-0.25, -0.2) is 14.4 Å². The summed E-state index contributed by atoms with van der Waals surface area (Å²) in [6.45, 7) is 0. The summed E-state index contributed by atoms with van der Waals surface area (Å²) in [5, 5.41) is 11.5. The van der Waals surface area contributed by atoms with E-state index in [0.717, 1.165) is 18.2 Å². The third kappa shape index (κ3) is 6.62. The summed E-state index contributed by atoms with van der Waals surface area (Å²) < 4.78 is 57.5. The zero-order valence-corrected chi connectivity index (χ0v) is 23.1. The van der Waals surface area contributed by atoms with Crippen molar-refractivity contribution in [1.82, 2.24) is 35.0 Å². The lowest BCUT2D eigenvalue weighted by Crippen LogP contribution is -2.19. The van der Waals surface area contributed by atoms with Crippen LogP contribution in [0.15, 0.2) is 67.3 Å². The number of alkyl halides is 3. The van der Waals surface area contributed by atoms with Crippen molar-refractivity contribution in [2.24, 2.45) is 7.05 Å². The number of hydrogen-bond donors (Lipinski definition) is 3. The van der Waals surface area contributed by atoms with Crippen molar-refractivity contribution < 1.29 is 27.2 Å². The van der Waals surface area contributed by atoms with Gasteiger partial charge in [-0.3, -0.25) is 19.7 Å². The third-order valence-electron chi connectivity index (χ3n) is 6.43. The Bertz CT molecular complexity index is 1920. The average molecular weight is 603 g/mol. The van der Waals surface area contributed by atoms with Crippen molar-refractivity contribution in [1.29, 1.82) is 0 Å². The predicted octanol–water partition coefficient (Wildman–Crippen LogP) is 4.36. The molecule has 0 aliphatic carbocycles. The number of carbonyl (C=O) groups is 2. The molecule has 0 aliphatic heterocycles. The number of hydrogen-bond acceptors (Lipinski definition) is 6. The van der Waals surface area contributed by atoms with E-state index in [-0.39, 0.29) is 34.5 Å². The molecule has 0 saturated heterocycles. The first-order valence-corrected chi connectivity index (χ1v) is 12.9. The number of benzene rings is 2. The molecule has 10 nitrogen and oxygen atoms in total. The predicted molar refractivity (Wildman–Crippen MR) is 151 cm³/mol. The zero-order valence-electron chi connectivity index (χ0n) is 23.1. The molecule has 5 aromatic rings. The van der Waals surface area contributed by atoms with Gasteiger partial charge in [-0.1, -0.05) is 5.92 Å². The number of imidazole rings is 1. The Hall–Kier alpha value is -5.84. The molecule has 44 heavy (non-hydrogen) atoms. The molecular formula is C30H22F4N8O2. The number of pyridine rings is 1. The van der Waals surface area contributed by atoms with E-state index in [9.17, 15) is 27.2 Å². The van der Waals surface area contributed by atoms with Crippen LogP contribution >= 0.6 is 0 Å². The van der Waals surface area contributed by atoms with Crippen LogP contribution in [0.4, 0.5) is 23.2 Å². The Morgan fingerprint density at radius 3 is 2.52 bits per heavy atom. The fourth-order valence-corrected chi connectivity index (χ4v) is 4.25. The van der Waals surface area contributed by atoms with Crippen molar-refractivity contribution in [2.45, 2.75) is 12.6 Å². The molecule has 3 heterocycles. The average Bonchev–Trinajstić information content (AvgIpc) is 3.65. The molecule has 0 saturated carbocycles. The molecule has 14 heteroatoms. The number of aromatic nitrogens is 6. The van der Waals surface area contributed by atoms with Crippen LogP contribution in [0.5, 0.6) is 0 Å². The minimum Gasteiger partial charge on any atom is -0.354 e. The van der Waals surface area contributed by atoms with Gasteiger partial charge in [0.2, 0.25) is 5.82 Å². The van der Waals surface area contributed by atoms with E-state index >= 15 is 0 Å². The highest BCUT2D eigenvalue weighted by Gasteiger charge is 2.31. The summed E-state index contributed by atoms with van der Waals surface area (Å²) in [6, 6.07) is 9.67. The molecule has 222 valence electrons. The lowest BCUT2D eigenvalue weighted by Gasteiger charge is -2.14. The minimum atomic E-state index is -4.70. The molecular weight excluding hydrogens is 580 g/mol. The largest absolute Gasteiger partial charge is 0.416 e. The number of anilines is 1. The Morgan fingerprint density at radius 1 is 0.977 bits per heavy atom. The molecule has 3 aromatic heterocycles. The quantitative estimate of drug-likeness (QED) is 0.196. The van der Waals surface area contributed by atoms with Gasteiger partial charge in [0.15, 0.2) is 5.82 Å². The lowest BCUT2D eigenvalue weighted by atomic mass is 10.0. The highest BCUT2D eigenvalue weighted by Crippen LogP contribution is 2.33. The maximum atomic E-state index is 14.6. The van der Waals surface area contributed by atoms with Gasteiger partial charge in [-0.15, -0.1) is 0 Å². The normalized spacial score (nSPS) is 11.0. The summed E-state index contributed by atoms with van der Waals surface area (Å²) in [5.74, 6) is 4.34. The molecule has 0 spiro atoms. The molecule has 3 N–H and O–H groups in total. The van der Waals surface area contributed by atoms with E-state index in [1.54, 1.807) is 17.7 Å². The van der Waals surface area contributed by atoms with Gasteiger partial charge >= 0.3 is 6.18 Å². The molecule has 0 unspecified atom stereocenters. The monoisotopic (exact) mass is 602 g/mol. The second-order valence-corrected chi connectivity index (χ2v) is 9.47. The second kappa shape index (κ2) is 12.2. The molecule has 2 amide bonds. The van der Waals surface area contributed by atoms with E-state index in [1.807, 2.05) is 0 Å². The molecule has 0 bridgehead atoms. The van der Waals surface area contributed by atoms with E-state index in [2.05, 4.69) is 47.6 Å². The topological polar surface area (TPSA) is 130 Å². The van der Waals surface area contributed by atoms with E-state index in [1.165, 1.54) is 50.0 Å². The number of nitrogens with zero attached hydrogens (tertiary/aromatic N) is 5. The molecule has 0 atom stereocenters. The first kappa shape index (κ1) is 29.6. The number of aromatic amines is 1. The SMILES string of the molecule is CNC(=O)c1cc(Cc2cc(NC(=O)c3ccc(F)c(C#Cc4cnc(-c5nc[nH]n5)n4C)c3)cc(C(F)(F)F)c2)ccn1. The van der Waals surface area contributed by atoms with Crippen LogP contribution in [0.3, 0.4) is 0 Å². The summed E-state index contributed by atoms with van der Waals surface area (Å²) in [7, 11) is 3.12. The van der Waals surface area contributed by atoms with Crippen molar-refractivity contribution in [3.05, 3.63) is 112 Å². The number of amides is 2. The second-order valence-electron chi connectivity index (χ2n) is 9.47. The molecule has 0 aliphatic rings. The van der Waals surface area contributed by atoms with Crippen LogP contribution < -0.4 is 10.6 Å². The van der Waals surface area contributed by atoms with Crippen molar-refractivity contribution in [2.75, 3.05) is 12.4 Å². The smallest absolute Gasteiger partial charge is 0.354 e. The van der Waals surface area contributed by atoms with E-state index in [0.29, 0.717) is 22.9 Å². The lowest BCUT2D eigenvalue weighted by molar-refractivity contribution is -0.137. The van der Waals surface area contributed by atoms with Crippen molar-refractivity contribution >= 4 is 17.5 Å². The van der Waals surface area contributed by atoms with Crippen LogP contribution in [0.2, 0.25) is 0 Å². The van der Waals surface area contributed by atoms with Gasteiger partial charge in [0.05, 0.1) is 17.3 Å². The van der Waals surface area contributed by atoms with Crippen LogP contribution in [0, 0.1) is 17.7 Å². The summed E-state index contributed by atoms with van der Waals surface area (Å²) in [6.07, 6.45) is -0.425. The van der Waals surface area contributed by atoms with Gasteiger partial charge in [0, 0.05) is 31.5 Å². The van der Waals surface area contributed by atoms with Gasteiger partial charge in [-0.05, 0) is 72.0 Å². The molecule has 2 aromatic carbocycles. The van der Waals surface area contributed by atoms with E-state index in [4.69, 9.17) is 0 Å². The standard InChI is InChI=1S/C30H22F4N8O2/c1-35-29(44)25-12-17(7-8-36-25)9-18-10-21(30(32,33)34)14-22(11-18)40-28(43)20-4-6-24(31)19(13-20)3-5-23-15-37-27(42(23)2)26-38-16-39-41-26/h4,6-8,10-16H,9H2,1-2H3,(H,35,44)(H,40,43)(H,38,39,41). The number of halogens is 4. The third-order valence-corrected chi connectivity index (χ3v) is 6.43. The first-order valence-electron chi connectivity index (χ1n) is 12.9. The highest BCUT2D eigenvalue weighted by atomic mass is 19.4. The summed E-state index contributed by atoms with van der Waals surface area (Å²) in [4.78, 5) is 37.2. The number of nitrogens with one attached hydrogen (secondary N) is 3. The minimum absolute atomic E-state index is 0.0227. The molecule has 5 rings (SSSR count). The van der Waals surface area contributed by atoms with Gasteiger partial charge in [0.1, 0.15) is 23.5 Å². The van der Waals surface area contributed by atoms with Crippen LogP contribution in [-0.4, -0.2) is 48.6 Å². The van der Waals surface area contributed by atoms with Crippen molar-refractivity contribution in [3.8, 4) is 23.5 Å². The Kier molecular flexibility index (Phi) is 8.21. The number of rotatable bonds is 6. The summed E-state index contributed by atoms with van der Waals surface area (Å²) in [5.41, 5.74) is 0.0851. The van der Waals surface area contributed by atoms with Crippen molar-refractivity contribution in [3.63, 3.8) is 0 Å². The summed E-state index contributed by atoms with van der Waals surface area (Å²) >= 11 is 0. The fraction of sp³-hybridized carbons (Fsp3) is 0.133. The van der Waals surface area contributed by atoms with Gasteiger partial charge < -0.3 is 15.2 Å². The zero-order chi connectivity index (χ0) is 31.4. The van der Waals surface area contributed by atoms with Gasteiger partial charge in [0.25, 0.3) is 11.8 Å². The molecule has 0 fully saturated rings. The van der Waals surface area contributed by atoms with Crippen LogP contribution in [0.25, 0.3) is 11.6 Å². The maximum Gasteiger partial charge on any atom is 0.416 e. The van der Waals surface area contributed by atoms with E-state index < -0.39 is 29.4 Å². The Labute approximate surface area is 247 Å². The van der Waals surface area contributed by atoms with Crippen LogP contribution in [0.1, 0.15) is 48.8 Å². The highest BCUT2D eigenvalue weighted by molar-refractivity contribution is 6.04. The fourth-order valence-electron chi connectivity index (χ4n) is 4.25. The van der Waals surface area contributed by atoms with Crippen LogP contribution in [-0.2, 0) is 19.6 Å². The number of carbonyl (C=O) groups excluding carboxylic acids is 2. The Balaban J connectivity index is 1.39. The number of H-pyrrole nitrogens is 1. The first-order chi connectivity index (χ1) is 21.0. The maximum absolute atomic E-state index is 14.6. The molecule has 0 radical (unpaired) electrons.